The van der Waals surface area contributed by atoms with Gasteiger partial charge >= 0.3 is 5.97 Å². The fraction of sp³-hybridized carbons (Fsp3) is 0.600. The summed E-state index contributed by atoms with van der Waals surface area (Å²) < 4.78 is 0. The van der Waals surface area contributed by atoms with Crippen LogP contribution in [0.5, 0.6) is 0 Å². The van der Waals surface area contributed by atoms with E-state index in [2.05, 4.69) is 20.8 Å². The van der Waals surface area contributed by atoms with E-state index in [1.807, 2.05) is 4.90 Å². The molecule has 1 saturated carbocycles. The van der Waals surface area contributed by atoms with Crippen molar-refractivity contribution < 1.29 is 14.7 Å². The second-order valence-electron chi connectivity index (χ2n) is 5.54. The van der Waals surface area contributed by atoms with E-state index < -0.39 is 5.97 Å². The van der Waals surface area contributed by atoms with Gasteiger partial charge in [-0.15, -0.1) is 11.3 Å². The first-order valence-corrected chi connectivity index (χ1v) is 7.93. The maximum absolute atomic E-state index is 12.7. The highest BCUT2D eigenvalue weighted by molar-refractivity contribution is 7.15. The van der Waals surface area contributed by atoms with E-state index in [-0.39, 0.29) is 16.8 Å². The number of amides is 1. The van der Waals surface area contributed by atoms with Crippen molar-refractivity contribution in [2.45, 2.75) is 52.1 Å². The lowest BCUT2D eigenvalue weighted by Gasteiger charge is -2.33. The molecular weight excluding hydrogens is 274 g/mol. The van der Waals surface area contributed by atoms with Crippen molar-refractivity contribution in [1.29, 1.82) is 0 Å². The molecule has 2 unspecified atom stereocenters. The lowest BCUT2D eigenvalue weighted by molar-refractivity contribution is 0.0620. The third-order valence-electron chi connectivity index (χ3n) is 4.11. The molecule has 1 aromatic heterocycles. The molecule has 0 radical (unpaired) electrons. The minimum atomic E-state index is -0.970. The van der Waals surface area contributed by atoms with Crippen molar-refractivity contribution in [3.05, 3.63) is 21.9 Å². The monoisotopic (exact) mass is 295 g/mol. The number of carbonyl (C=O) groups excluding carboxylic acids is 1. The molecule has 2 atom stereocenters. The van der Waals surface area contributed by atoms with Crippen LogP contribution in [0, 0.1) is 5.92 Å². The Balaban J connectivity index is 2.20. The third kappa shape index (κ3) is 3.03. The Morgan fingerprint density at radius 1 is 1.35 bits per heavy atom. The number of carboxylic acid groups (broad SMARTS) is 1. The summed E-state index contributed by atoms with van der Waals surface area (Å²) in [5, 5.41) is 8.96. The van der Waals surface area contributed by atoms with Crippen molar-refractivity contribution in [2.75, 3.05) is 0 Å². The summed E-state index contributed by atoms with van der Waals surface area (Å²) in [7, 11) is 0. The van der Waals surface area contributed by atoms with Gasteiger partial charge in [-0.05, 0) is 37.8 Å². The molecule has 0 saturated heterocycles. The molecule has 1 aromatic rings. The van der Waals surface area contributed by atoms with Crippen molar-refractivity contribution in [3.63, 3.8) is 0 Å². The summed E-state index contributed by atoms with van der Waals surface area (Å²) in [4.78, 5) is 26.3. The highest BCUT2D eigenvalue weighted by atomic mass is 32.1. The van der Waals surface area contributed by atoms with Crippen LogP contribution in [0.4, 0.5) is 0 Å². The van der Waals surface area contributed by atoms with Crippen molar-refractivity contribution in [3.8, 4) is 0 Å². The van der Waals surface area contributed by atoms with Crippen LogP contribution in [0.2, 0.25) is 0 Å². The number of carboxylic acids is 1. The standard InChI is InChI=1S/C15H21NO3S/c1-4-9(2)10(3)16(11-5-6-11)14(17)12-7-8-13(20-12)15(18)19/h7-11H,4-6H2,1-3H3,(H,18,19). The van der Waals surface area contributed by atoms with Gasteiger partial charge in [0.25, 0.3) is 5.91 Å². The first kappa shape index (κ1) is 15.0. The number of hydrogen-bond acceptors (Lipinski definition) is 3. The lowest BCUT2D eigenvalue weighted by Crippen LogP contribution is -2.43. The van der Waals surface area contributed by atoms with Gasteiger partial charge in [0.1, 0.15) is 4.88 Å². The topological polar surface area (TPSA) is 57.6 Å². The van der Waals surface area contributed by atoms with Gasteiger partial charge in [0.05, 0.1) is 4.88 Å². The molecular formula is C15H21NO3S. The predicted octanol–water partition coefficient (Wildman–Crippen LogP) is 3.49. The van der Waals surface area contributed by atoms with Crippen LogP contribution in [-0.4, -0.2) is 34.0 Å². The zero-order valence-corrected chi connectivity index (χ0v) is 12.9. The normalized spacial score (nSPS) is 17.6. The van der Waals surface area contributed by atoms with Crippen LogP contribution in [0.3, 0.4) is 0 Å². The molecule has 0 bridgehead atoms. The number of hydrogen-bond donors (Lipinski definition) is 1. The maximum Gasteiger partial charge on any atom is 0.345 e. The third-order valence-corrected chi connectivity index (χ3v) is 5.17. The molecule has 20 heavy (non-hydrogen) atoms. The van der Waals surface area contributed by atoms with Gasteiger partial charge in [0, 0.05) is 12.1 Å². The minimum absolute atomic E-state index is 0.0159. The number of thiophene rings is 1. The summed E-state index contributed by atoms with van der Waals surface area (Å²) in [5.41, 5.74) is 0. The second-order valence-corrected chi connectivity index (χ2v) is 6.62. The minimum Gasteiger partial charge on any atom is -0.477 e. The van der Waals surface area contributed by atoms with E-state index >= 15 is 0 Å². The van der Waals surface area contributed by atoms with Gasteiger partial charge in [-0.2, -0.15) is 0 Å². The van der Waals surface area contributed by atoms with Gasteiger partial charge in [-0.1, -0.05) is 20.3 Å². The fourth-order valence-corrected chi connectivity index (χ4v) is 3.14. The summed E-state index contributed by atoms with van der Waals surface area (Å²) in [5.74, 6) is -0.543. The lowest BCUT2D eigenvalue weighted by atomic mass is 9.99. The van der Waals surface area contributed by atoms with E-state index in [4.69, 9.17) is 5.11 Å². The molecule has 0 spiro atoms. The largest absolute Gasteiger partial charge is 0.477 e. The number of aromatic carboxylic acids is 1. The van der Waals surface area contributed by atoms with E-state index in [0.29, 0.717) is 16.8 Å². The Labute approximate surface area is 123 Å². The van der Waals surface area contributed by atoms with E-state index in [1.165, 1.54) is 6.07 Å². The Morgan fingerprint density at radius 3 is 2.40 bits per heavy atom. The quantitative estimate of drug-likeness (QED) is 0.874. The number of rotatable bonds is 6. The fourth-order valence-electron chi connectivity index (χ4n) is 2.35. The Hall–Kier alpha value is -1.36. The summed E-state index contributed by atoms with van der Waals surface area (Å²) >= 11 is 1.07. The Kier molecular flexibility index (Phi) is 4.48. The van der Waals surface area contributed by atoms with Crippen LogP contribution < -0.4 is 0 Å². The van der Waals surface area contributed by atoms with Gasteiger partial charge < -0.3 is 10.0 Å². The average Bonchev–Trinajstić information content (AvgIpc) is 3.11. The molecule has 1 aliphatic carbocycles. The second kappa shape index (κ2) is 5.95. The molecule has 2 rings (SSSR count). The molecule has 1 fully saturated rings. The first-order chi connectivity index (χ1) is 9.45. The predicted molar refractivity (Wildman–Crippen MR) is 79.4 cm³/mol. The molecule has 1 N–H and O–H groups in total. The van der Waals surface area contributed by atoms with E-state index in [0.717, 1.165) is 30.6 Å². The van der Waals surface area contributed by atoms with E-state index in [9.17, 15) is 9.59 Å². The van der Waals surface area contributed by atoms with Crippen LogP contribution in [0.1, 0.15) is 59.4 Å². The average molecular weight is 295 g/mol. The maximum atomic E-state index is 12.7. The molecule has 1 aliphatic rings. The van der Waals surface area contributed by atoms with Gasteiger partial charge in [0.2, 0.25) is 0 Å². The highest BCUT2D eigenvalue weighted by Gasteiger charge is 2.38. The molecule has 0 aliphatic heterocycles. The molecule has 0 aromatic carbocycles. The summed E-state index contributed by atoms with van der Waals surface area (Å²) in [6.07, 6.45) is 3.15. The van der Waals surface area contributed by atoms with Crippen molar-refractivity contribution >= 4 is 23.2 Å². The van der Waals surface area contributed by atoms with Crippen molar-refractivity contribution in [2.24, 2.45) is 5.92 Å². The molecule has 1 amide bonds. The molecule has 5 heteroatoms. The first-order valence-electron chi connectivity index (χ1n) is 7.11. The van der Waals surface area contributed by atoms with Crippen LogP contribution in [0.15, 0.2) is 12.1 Å². The highest BCUT2D eigenvalue weighted by Crippen LogP contribution is 2.33. The molecule has 1 heterocycles. The van der Waals surface area contributed by atoms with Crippen LogP contribution >= 0.6 is 11.3 Å². The van der Waals surface area contributed by atoms with Crippen LogP contribution in [-0.2, 0) is 0 Å². The van der Waals surface area contributed by atoms with Crippen molar-refractivity contribution in [1.82, 2.24) is 4.90 Å². The molecule has 4 nitrogen and oxygen atoms in total. The van der Waals surface area contributed by atoms with Gasteiger partial charge in [-0.3, -0.25) is 4.79 Å². The number of carbonyl (C=O) groups is 2. The van der Waals surface area contributed by atoms with Crippen LogP contribution in [0.25, 0.3) is 0 Å². The Bertz CT molecular complexity index is 507. The van der Waals surface area contributed by atoms with E-state index in [1.54, 1.807) is 6.07 Å². The van der Waals surface area contributed by atoms with Gasteiger partial charge in [-0.25, -0.2) is 4.79 Å². The summed E-state index contributed by atoms with van der Waals surface area (Å²) in [6.45, 7) is 6.38. The number of nitrogens with zero attached hydrogens (tertiary/aromatic N) is 1. The zero-order valence-electron chi connectivity index (χ0n) is 12.1. The van der Waals surface area contributed by atoms with Gasteiger partial charge in [0.15, 0.2) is 0 Å². The SMILES string of the molecule is CCC(C)C(C)N(C(=O)c1ccc(C(=O)O)s1)C1CC1. The zero-order chi connectivity index (χ0) is 14.9. The molecule has 110 valence electrons. The summed E-state index contributed by atoms with van der Waals surface area (Å²) in [6, 6.07) is 3.67. The smallest absolute Gasteiger partial charge is 0.345 e. The Morgan fingerprint density at radius 2 is 1.95 bits per heavy atom.